The zero-order valence-corrected chi connectivity index (χ0v) is 14.0. The molecule has 0 spiro atoms. The van der Waals surface area contributed by atoms with E-state index in [1.54, 1.807) is 6.07 Å². The Morgan fingerprint density at radius 3 is 2.67 bits per heavy atom. The molecule has 2 heterocycles. The Bertz CT molecular complexity index is 1060. The fourth-order valence-corrected chi connectivity index (χ4v) is 3.46. The minimum Gasteiger partial charge on any atom is -0.301 e. The Balaban J connectivity index is 2.04. The Hall–Kier alpha value is -2.59. The van der Waals surface area contributed by atoms with Crippen LogP contribution in [0.4, 0.5) is 4.39 Å². The predicted molar refractivity (Wildman–Crippen MR) is 95.2 cm³/mol. The normalized spacial score (nSPS) is 11.3. The lowest BCUT2D eigenvalue weighted by Crippen LogP contribution is -2.03. The highest BCUT2D eigenvalue weighted by Crippen LogP contribution is 2.36. The minimum atomic E-state index is -0.349. The molecule has 0 N–H and O–H groups in total. The summed E-state index contributed by atoms with van der Waals surface area (Å²) in [4.78, 5) is 0. The van der Waals surface area contributed by atoms with Crippen molar-refractivity contribution in [2.24, 2.45) is 7.05 Å². The van der Waals surface area contributed by atoms with E-state index in [1.165, 1.54) is 12.1 Å². The second kappa shape index (κ2) is 5.49. The second-order valence-corrected chi connectivity index (χ2v) is 6.18. The molecule has 24 heavy (non-hydrogen) atoms. The van der Waals surface area contributed by atoms with Gasteiger partial charge in [-0.25, -0.2) is 4.39 Å². The number of benzene rings is 2. The molecule has 2 aromatic heterocycles. The first-order valence-electron chi connectivity index (χ1n) is 7.62. The zero-order valence-electron chi connectivity index (χ0n) is 13.3. The van der Waals surface area contributed by atoms with E-state index in [0.29, 0.717) is 5.02 Å². The van der Waals surface area contributed by atoms with Crippen LogP contribution in [0, 0.1) is 12.7 Å². The zero-order chi connectivity index (χ0) is 16.8. The van der Waals surface area contributed by atoms with Gasteiger partial charge in [-0.1, -0.05) is 29.8 Å². The van der Waals surface area contributed by atoms with Crippen molar-refractivity contribution in [2.45, 2.75) is 6.92 Å². The summed E-state index contributed by atoms with van der Waals surface area (Å²) in [6.07, 6.45) is 2.02. The molecule has 0 radical (unpaired) electrons. The quantitative estimate of drug-likeness (QED) is 0.496. The Morgan fingerprint density at radius 1 is 1.08 bits per heavy atom. The molecule has 0 aliphatic heterocycles. The lowest BCUT2D eigenvalue weighted by Gasteiger charge is -2.11. The first-order valence-corrected chi connectivity index (χ1v) is 7.99. The van der Waals surface area contributed by atoms with Crippen LogP contribution in [-0.2, 0) is 7.05 Å². The van der Waals surface area contributed by atoms with Crippen LogP contribution >= 0.6 is 11.6 Å². The van der Waals surface area contributed by atoms with E-state index in [2.05, 4.69) is 27.9 Å². The maximum atomic E-state index is 13.4. The Labute approximate surface area is 143 Å². The van der Waals surface area contributed by atoms with E-state index < -0.39 is 0 Å². The molecule has 0 fully saturated rings. The van der Waals surface area contributed by atoms with Gasteiger partial charge in [-0.05, 0) is 42.6 Å². The van der Waals surface area contributed by atoms with Gasteiger partial charge < -0.3 is 4.57 Å². The van der Waals surface area contributed by atoms with Crippen molar-refractivity contribution in [1.82, 2.24) is 14.3 Å². The van der Waals surface area contributed by atoms with Crippen LogP contribution in [0.1, 0.15) is 5.69 Å². The molecule has 0 saturated heterocycles. The van der Waals surface area contributed by atoms with Gasteiger partial charge in [0.15, 0.2) is 0 Å². The molecule has 2 aromatic carbocycles. The van der Waals surface area contributed by atoms with Crippen molar-refractivity contribution in [1.29, 1.82) is 0 Å². The maximum Gasteiger partial charge on any atom is 0.143 e. The van der Waals surface area contributed by atoms with E-state index in [4.69, 9.17) is 11.6 Å². The predicted octanol–water partition coefficient (Wildman–Crippen LogP) is 5.13. The van der Waals surface area contributed by atoms with Crippen LogP contribution in [0.2, 0.25) is 5.02 Å². The average molecular weight is 340 g/mol. The molecule has 0 atom stereocenters. The molecule has 0 bridgehead atoms. The van der Waals surface area contributed by atoms with Crippen LogP contribution in [0.25, 0.3) is 27.8 Å². The van der Waals surface area contributed by atoms with Gasteiger partial charge in [-0.2, -0.15) is 5.10 Å². The van der Waals surface area contributed by atoms with Crippen LogP contribution < -0.4 is 0 Å². The molecule has 5 heteroatoms. The maximum absolute atomic E-state index is 13.4. The largest absolute Gasteiger partial charge is 0.301 e. The molecule has 0 unspecified atom stereocenters. The standard InChI is InChI=1S/C19H15ClFN3/c1-12-18(15-8-7-14(21)11-16(15)20)19(23(2)22-12)24-10-9-13-5-3-4-6-17(13)24/h3-11H,1-2H3. The molecule has 0 saturated carbocycles. The van der Waals surface area contributed by atoms with Crippen molar-refractivity contribution in [3.63, 3.8) is 0 Å². The van der Waals surface area contributed by atoms with E-state index in [9.17, 15) is 4.39 Å². The van der Waals surface area contributed by atoms with Crippen molar-refractivity contribution < 1.29 is 4.39 Å². The average Bonchev–Trinajstić information content (AvgIpc) is 3.08. The second-order valence-electron chi connectivity index (χ2n) is 5.78. The number of aromatic nitrogens is 3. The van der Waals surface area contributed by atoms with E-state index >= 15 is 0 Å². The van der Waals surface area contributed by atoms with Gasteiger partial charge >= 0.3 is 0 Å². The number of para-hydroxylation sites is 1. The molecule has 0 aliphatic carbocycles. The number of nitrogens with zero attached hydrogens (tertiary/aromatic N) is 3. The third kappa shape index (κ3) is 2.22. The monoisotopic (exact) mass is 339 g/mol. The lowest BCUT2D eigenvalue weighted by molar-refractivity contribution is 0.628. The van der Waals surface area contributed by atoms with Gasteiger partial charge in [0.1, 0.15) is 11.6 Å². The van der Waals surface area contributed by atoms with Crippen molar-refractivity contribution in [3.8, 4) is 16.9 Å². The topological polar surface area (TPSA) is 22.8 Å². The summed E-state index contributed by atoms with van der Waals surface area (Å²) in [7, 11) is 1.90. The number of halogens is 2. The van der Waals surface area contributed by atoms with Gasteiger partial charge in [0.2, 0.25) is 0 Å². The SMILES string of the molecule is Cc1nn(C)c(-n2ccc3ccccc32)c1-c1ccc(F)cc1Cl. The van der Waals surface area contributed by atoms with Gasteiger partial charge in [0, 0.05) is 24.4 Å². The fourth-order valence-electron chi connectivity index (χ4n) is 3.20. The summed E-state index contributed by atoms with van der Waals surface area (Å²) < 4.78 is 17.4. The Morgan fingerprint density at radius 2 is 1.88 bits per heavy atom. The highest BCUT2D eigenvalue weighted by molar-refractivity contribution is 6.33. The van der Waals surface area contributed by atoms with Gasteiger partial charge in [-0.3, -0.25) is 4.68 Å². The molecule has 4 aromatic rings. The molecule has 120 valence electrons. The lowest BCUT2D eigenvalue weighted by atomic mass is 10.1. The number of hydrogen-bond acceptors (Lipinski definition) is 1. The number of aryl methyl sites for hydroxylation is 2. The van der Waals surface area contributed by atoms with Crippen molar-refractivity contribution in [2.75, 3.05) is 0 Å². The van der Waals surface area contributed by atoms with E-state index in [-0.39, 0.29) is 5.82 Å². The molecule has 0 aliphatic rings. The summed E-state index contributed by atoms with van der Waals surface area (Å²) in [6, 6.07) is 14.7. The highest BCUT2D eigenvalue weighted by atomic mass is 35.5. The molecule has 0 amide bonds. The van der Waals surface area contributed by atoms with E-state index in [1.807, 2.05) is 37.0 Å². The third-order valence-corrected chi connectivity index (χ3v) is 4.53. The smallest absolute Gasteiger partial charge is 0.143 e. The third-order valence-electron chi connectivity index (χ3n) is 4.22. The van der Waals surface area contributed by atoms with Crippen molar-refractivity contribution in [3.05, 3.63) is 71.3 Å². The summed E-state index contributed by atoms with van der Waals surface area (Å²) in [5.74, 6) is 0.556. The summed E-state index contributed by atoms with van der Waals surface area (Å²) in [6.45, 7) is 1.93. The molecular weight excluding hydrogens is 325 g/mol. The first kappa shape index (κ1) is 15.0. The number of rotatable bonds is 2. The van der Waals surface area contributed by atoms with Crippen molar-refractivity contribution >= 4 is 22.5 Å². The van der Waals surface area contributed by atoms with Crippen LogP contribution in [0.3, 0.4) is 0 Å². The minimum absolute atomic E-state index is 0.349. The Kier molecular flexibility index (Phi) is 3.43. The highest BCUT2D eigenvalue weighted by Gasteiger charge is 2.20. The van der Waals surface area contributed by atoms with Gasteiger partial charge in [0.05, 0.1) is 16.2 Å². The first-order chi connectivity index (χ1) is 11.6. The number of fused-ring (bicyclic) bond motifs is 1. The molecule has 4 rings (SSSR count). The summed E-state index contributed by atoms with van der Waals surface area (Å²) >= 11 is 6.31. The van der Waals surface area contributed by atoms with Crippen LogP contribution in [-0.4, -0.2) is 14.3 Å². The fraction of sp³-hybridized carbons (Fsp3) is 0.105. The van der Waals surface area contributed by atoms with Gasteiger partial charge in [-0.15, -0.1) is 0 Å². The summed E-state index contributed by atoms with van der Waals surface area (Å²) in [5, 5.41) is 6.08. The van der Waals surface area contributed by atoms with Crippen LogP contribution in [0.5, 0.6) is 0 Å². The summed E-state index contributed by atoms with van der Waals surface area (Å²) in [5.41, 5.74) is 3.61. The van der Waals surface area contributed by atoms with Gasteiger partial charge in [0.25, 0.3) is 0 Å². The number of hydrogen-bond donors (Lipinski definition) is 0. The molecular formula is C19H15ClFN3. The van der Waals surface area contributed by atoms with E-state index in [0.717, 1.165) is 33.5 Å². The van der Waals surface area contributed by atoms with Crippen LogP contribution in [0.15, 0.2) is 54.7 Å². The molecule has 3 nitrogen and oxygen atoms in total.